The van der Waals surface area contributed by atoms with Crippen molar-refractivity contribution in [3.63, 3.8) is 0 Å². The van der Waals surface area contributed by atoms with E-state index in [0.29, 0.717) is 18.3 Å². The summed E-state index contributed by atoms with van der Waals surface area (Å²) in [7, 11) is 0. The van der Waals surface area contributed by atoms with Crippen LogP contribution in [0.25, 0.3) is 0 Å². The molecule has 2 rings (SSSR count). The number of halogens is 1. The van der Waals surface area contributed by atoms with E-state index in [4.69, 9.17) is 4.74 Å². The highest BCUT2D eigenvalue weighted by Gasteiger charge is 2.14. The first-order chi connectivity index (χ1) is 7.36. The maximum atomic E-state index is 13.2. The number of ether oxygens (including phenoxy) is 1. The van der Waals surface area contributed by atoms with Gasteiger partial charge in [-0.1, -0.05) is 12.1 Å². The molecule has 2 nitrogen and oxygen atoms in total. The van der Waals surface area contributed by atoms with Crippen molar-refractivity contribution in [3.8, 4) is 5.75 Å². The molecule has 82 valence electrons. The Morgan fingerprint density at radius 1 is 1.40 bits per heavy atom. The normalized spacial score (nSPS) is 20.5. The Bertz CT molecular complexity index is 310. The Morgan fingerprint density at radius 3 is 3.00 bits per heavy atom. The first-order valence-corrected chi connectivity index (χ1v) is 5.44. The molecule has 1 aromatic carbocycles. The fourth-order valence-electron chi connectivity index (χ4n) is 1.86. The zero-order valence-electron chi connectivity index (χ0n) is 8.71. The molecule has 0 spiro atoms. The van der Waals surface area contributed by atoms with Crippen LogP contribution in [0.15, 0.2) is 24.3 Å². The Kier molecular flexibility index (Phi) is 3.56. The van der Waals surface area contributed by atoms with Gasteiger partial charge in [-0.3, -0.25) is 0 Å². The van der Waals surface area contributed by atoms with Gasteiger partial charge in [0, 0.05) is 0 Å². The van der Waals surface area contributed by atoms with Crippen LogP contribution in [-0.4, -0.2) is 19.7 Å². The fourth-order valence-corrected chi connectivity index (χ4v) is 1.86. The minimum absolute atomic E-state index is 0.276. The van der Waals surface area contributed by atoms with Crippen molar-refractivity contribution in [1.82, 2.24) is 5.32 Å². The standard InChI is InChI=1S/C12H16FNO/c13-11-3-1-2-4-12(11)15-8-6-10-5-7-14-9-10/h1-4,10,14H,5-9H2. The quantitative estimate of drug-likeness (QED) is 0.820. The van der Waals surface area contributed by atoms with Crippen molar-refractivity contribution in [3.05, 3.63) is 30.1 Å². The van der Waals surface area contributed by atoms with E-state index >= 15 is 0 Å². The average molecular weight is 209 g/mol. The van der Waals surface area contributed by atoms with Crippen LogP contribution in [-0.2, 0) is 0 Å². The zero-order valence-corrected chi connectivity index (χ0v) is 8.71. The lowest BCUT2D eigenvalue weighted by Crippen LogP contribution is -2.11. The summed E-state index contributed by atoms with van der Waals surface area (Å²) in [5, 5.41) is 3.30. The molecule has 1 aromatic rings. The second-order valence-electron chi connectivity index (χ2n) is 3.93. The summed E-state index contributed by atoms with van der Waals surface area (Å²) in [6.07, 6.45) is 2.21. The highest BCUT2D eigenvalue weighted by atomic mass is 19.1. The van der Waals surface area contributed by atoms with E-state index in [9.17, 15) is 4.39 Å². The van der Waals surface area contributed by atoms with E-state index in [1.54, 1.807) is 18.2 Å². The predicted octanol–water partition coefficient (Wildman–Crippen LogP) is 2.20. The highest BCUT2D eigenvalue weighted by molar-refractivity contribution is 5.23. The van der Waals surface area contributed by atoms with E-state index < -0.39 is 0 Å². The van der Waals surface area contributed by atoms with Gasteiger partial charge in [-0.2, -0.15) is 0 Å². The Hall–Kier alpha value is -1.09. The topological polar surface area (TPSA) is 21.3 Å². The van der Waals surface area contributed by atoms with Gasteiger partial charge in [0.25, 0.3) is 0 Å². The highest BCUT2D eigenvalue weighted by Crippen LogP contribution is 2.17. The van der Waals surface area contributed by atoms with Gasteiger partial charge in [0.1, 0.15) is 0 Å². The number of hydrogen-bond donors (Lipinski definition) is 1. The Balaban J connectivity index is 1.75. The lowest BCUT2D eigenvalue weighted by atomic mass is 10.1. The molecule has 1 heterocycles. The monoisotopic (exact) mass is 209 g/mol. The fraction of sp³-hybridized carbons (Fsp3) is 0.500. The molecule has 3 heteroatoms. The molecule has 0 aromatic heterocycles. The van der Waals surface area contributed by atoms with Gasteiger partial charge in [-0.25, -0.2) is 4.39 Å². The molecule has 1 fully saturated rings. The smallest absolute Gasteiger partial charge is 0.165 e. The van der Waals surface area contributed by atoms with Crippen molar-refractivity contribution in [2.24, 2.45) is 5.92 Å². The number of para-hydroxylation sites is 1. The summed E-state index contributed by atoms with van der Waals surface area (Å²) in [4.78, 5) is 0. The second-order valence-corrected chi connectivity index (χ2v) is 3.93. The molecule has 0 bridgehead atoms. The molecule has 0 saturated carbocycles. The molecular weight excluding hydrogens is 193 g/mol. The predicted molar refractivity (Wildman–Crippen MR) is 57.5 cm³/mol. The average Bonchev–Trinajstić information content (AvgIpc) is 2.74. The number of benzene rings is 1. The molecule has 1 unspecified atom stereocenters. The molecular formula is C12H16FNO. The van der Waals surface area contributed by atoms with Crippen molar-refractivity contribution in [2.45, 2.75) is 12.8 Å². The van der Waals surface area contributed by atoms with Crippen LogP contribution in [0.4, 0.5) is 4.39 Å². The molecule has 15 heavy (non-hydrogen) atoms. The van der Waals surface area contributed by atoms with Crippen LogP contribution in [0.5, 0.6) is 5.75 Å². The maximum Gasteiger partial charge on any atom is 0.165 e. The first-order valence-electron chi connectivity index (χ1n) is 5.44. The van der Waals surface area contributed by atoms with Crippen molar-refractivity contribution < 1.29 is 9.13 Å². The molecule has 1 aliphatic heterocycles. The third-order valence-electron chi connectivity index (χ3n) is 2.78. The third kappa shape index (κ3) is 2.93. The summed E-state index contributed by atoms with van der Waals surface area (Å²) in [6, 6.07) is 6.55. The summed E-state index contributed by atoms with van der Waals surface area (Å²) in [5.74, 6) is 0.780. The molecule has 0 radical (unpaired) electrons. The zero-order chi connectivity index (χ0) is 10.5. The molecule has 1 atom stereocenters. The first kappa shape index (κ1) is 10.4. The third-order valence-corrected chi connectivity index (χ3v) is 2.78. The molecule has 0 aliphatic carbocycles. The largest absolute Gasteiger partial charge is 0.491 e. The number of rotatable bonds is 4. The van der Waals surface area contributed by atoms with Crippen molar-refractivity contribution >= 4 is 0 Å². The van der Waals surface area contributed by atoms with Crippen LogP contribution < -0.4 is 10.1 Å². The van der Waals surface area contributed by atoms with E-state index in [1.807, 2.05) is 0 Å². The molecule has 1 N–H and O–H groups in total. The minimum atomic E-state index is -0.276. The SMILES string of the molecule is Fc1ccccc1OCCC1CCNC1. The van der Waals surface area contributed by atoms with Gasteiger partial charge < -0.3 is 10.1 Å². The van der Waals surface area contributed by atoms with E-state index in [0.717, 1.165) is 19.5 Å². The van der Waals surface area contributed by atoms with E-state index in [-0.39, 0.29) is 5.82 Å². The van der Waals surface area contributed by atoms with Gasteiger partial charge in [0.15, 0.2) is 11.6 Å². The number of nitrogens with one attached hydrogen (secondary N) is 1. The summed E-state index contributed by atoms with van der Waals surface area (Å²) in [6.45, 7) is 2.78. The molecule has 1 saturated heterocycles. The summed E-state index contributed by atoms with van der Waals surface area (Å²) >= 11 is 0. The van der Waals surface area contributed by atoms with Gasteiger partial charge in [-0.15, -0.1) is 0 Å². The van der Waals surface area contributed by atoms with Gasteiger partial charge in [-0.05, 0) is 44.0 Å². The lowest BCUT2D eigenvalue weighted by Gasteiger charge is -2.10. The Morgan fingerprint density at radius 2 is 2.27 bits per heavy atom. The van der Waals surface area contributed by atoms with Gasteiger partial charge >= 0.3 is 0 Å². The summed E-state index contributed by atoms with van der Waals surface area (Å²) < 4.78 is 18.5. The van der Waals surface area contributed by atoms with Gasteiger partial charge in [0.05, 0.1) is 6.61 Å². The van der Waals surface area contributed by atoms with Crippen LogP contribution in [0.2, 0.25) is 0 Å². The minimum Gasteiger partial charge on any atom is -0.491 e. The van der Waals surface area contributed by atoms with Gasteiger partial charge in [0.2, 0.25) is 0 Å². The Labute approximate surface area is 89.4 Å². The van der Waals surface area contributed by atoms with Crippen LogP contribution in [0.3, 0.4) is 0 Å². The lowest BCUT2D eigenvalue weighted by molar-refractivity contribution is 0.271. The molecule has 0 amide bonds. The maximum absolute atomic E-state index is 13.2. The van der Waals surface area contributed by atoms with Crippen LogP contribution in [0, 0.1) is 11.7 Å². The van der Waals surface area contributed by atoms with Crippen LogP contribution >= 0.6 is 0 Å². The molecule has 1 aliphatic rings. The van der Waals surface area contributed by atoms with Crippen molar-refractivity contribution in [2.75, 3.05) is 19.7 Å². The number of hydrogen-bond acceptors (Lipinski definition) is 2. The van der Waals surface area contributed by atoms with E-state index in [2.05, 4.69) is 5.32 Å². The van der Waals surface area contributed by atoms with E-state index in [1.165, 1.54) is 12.5 Å². The van der Waals surface area contributed by atoms with Crippen molar-refractivity contribution in [1.29, 1.82) is 0 Å². The van der Waals surface area contributed by atoms with Crippen LogP contribution in [0.1, 0.15) is 12.8 Å². The second kappa shape index (κ2) is 5.12. The summed E-state index contributed by atoms with van der Waals surface area (Å²) in [5.41, 5.74) is 0.